The highest BCUT2D eigenvalue weighted by Crippen LogP contribution is 2.38. The Bertz CT molecular complexity index is 2120. The van der Waals surface area contributed by atoms with Crippen LogP contribution in [0.3, 0.4) is 0 Å². The van der Waals surface area contributed by atoms with Crippen molar-refractivity contribution in [1.82, 2.24) is 15.4 Å². The second-order valence-corrected chi connectivity index (χ2v) is 13.8. The van der Waals surface area contributed by atoms with Gasteiger partial charge in [0.1, 0.15) is 24.9 Å². The molecule has 56 heavy (non-hydrogen) atoms. The summed E-state index contributed by atoms with van der Waals surface area (Å²) >= 11 is 0.980. The van der Waals surface area contributed by atoms with Gasteiger partial charge in [-0.25, -0.2) is 14.6 Å². The number of hydrogen-bond acceptors (Lipinski definition) is 16. The number of anilines is 1. The molecular formula is C37H34N6O12S. The molecule has 0 aliphatic carbocycles. The lowest BCUT2D eigenvalue weighted by Gasteiger charge is -2.34. The summed E-state index contributed by atoms with van der Waals surface area (Å²) in [7, 11) is 0. The average Bonchev–Trinajstić information content (AvgIpc) is 3.91. The van der Waals surface area contributed by atoms with E-state index in [1.54, 1.807) is 60.7 Å². The Balaban J connectivity index is 1.17. The van der Waals surface area contributed by atoms with E-state index >= 15 is 0 Å². The Morgan fingerprint density at radius 2 is 1.71 bits per heavy atom. The summed E-state index contributed by atoms with van der Waals surface area (Å²) in [5.74, 6) is -4.67. The van der Waals surface area contributed by atoms with Gasteiger partial charge in [-0.2, -0.15) is 5.06 Å². The number of nitrogens with one attached hydrogen (secondary N) is 1. The minimum Gasteiger partial charge on any atom is -0.458 e. The SMILES string of the molecule is CC(C)(ON=C(C(=O)N[C@H]1CON(C2(C(=O)OC(c3ccccc3)c3ccccc3)CCC(=O)O2)C1=O)c1csc(N)n1)C(=O)OCc1ccc([N+](=O)[O-])cc1. The first-order chi connectivity index (χ1) is 26.8. The number of rotatable bonds is 14. The lowest BCUT2D eigenvalue weighted by molar-refractivity contribution is -0.384. The molecule has 0 bridgehead atoms. The van der Waals surface area contributed by atoms with Crippen molar-refractivity contribution in [3.63, 3.8) is 0 Å². The molecule has 3 N–H and O–H groups in total. The largest absolute Gasteiger partial charge is 0.458 e. The van der Waals surface area contributed by atoms with Crippen molar-refractivity contribution in [3.05, 3.63) is 123 Å². The third-order valence-electron chi connectivity index (χ3n) is 8.55. The Hall–Kier alpha value is -6.73. The Kier molecular flexibility index (Phi) is 11.4. The summed E-state index contributed by atoms with van der Waals surface area (Å²) in [6.07, 6.45) is -1.46. The van der Waals surface area contributed by atoms with E-state index in [-0.39, 0.29) is 36.0 Å². The van der Waals surface area contributed by atoms with Crippen LogP contribution in [-0.4, -0.2) is 74.4 Å². The van der Waals surface area contributed by atoms with Gasteiger partial charge in [-0.15, -0.1) is 11.3 Å². The number of carbonyl (C=O) groups is 5. The maximum Gasteiger partial charge on any atom is 0.376 e. The number of amides is 2. The predicted molar refractivity (Wildman–Crippen MR) is 195 cm³/mol. The second-order valence-electron chi connectivity index (χ2n) is 12.9. The van der Waals surface area contributed by atoms with Crippen molar-refractivity contribution in [2.75, 3.05) is 12.3 Å². The number of ether oxygens (including phenoxy) is 3. The van der Waals surface area contributed by atoms with E-state index in [1.807, 2.05) is 0 Å². The number of benzene rings is 3. The number of nitrogen functional groups attached to an aromatic ring is 1. The summed E-state index contributed by atoms with van der Waals surface area (Å²) in [6, 6.07) is 21.6. The van der Waals surface area contributed by atoms with Gasteiger partial charge in [-0.3, -0.25) is 29.3 Å². The molecule has 4 aromatic rings. The van der Waals surface area contributed by atoms with E-state index in [9.17, 15) is 34.1 Å². The lowest BCUT2D eigenvalue weighted by Crippen LogP contribution is -2.57. The standard InChI is InChI=1S/C37H34N6O12S/c1-36(2,33(47)51-19-22-13-15-25(16-14-22)43(49)50)55-41-29(27-21-56-35(38)40-27)31(45)39-26-20-52-42(32(26)46)37(18-17-28(44)54-37)34(48)53-30(23-9-5-3-6-10-23)24-11-7-4-8-12-24/h3-16,21,26,30H,17-20H2,1-2H3,(H2,38,40)(H,39,45)/t26-,37?/m0/s1. The molecule has 2 aliphatic heterocycles. The summed E-state index contributed by atoms with van der Waals surface area (Å²) in [6.45, 7) is 1.93. The number of hydroxylamine groups is 2. The van der Waals surface area contributed by atoms with Crippen molar-refractivity contribution < 1.29 is 52.8 Å². The topological polar surface area (TPSA) is 241 Å². The fraction of sp³-hybridized carbons (Fsp3) is 0.270. The van der Waals surface area contributed by atoms with Crippen LogP contribution >= 0.6 is 11.3 Å². The highest BCUT2D eigenvalue weighted by Gasteiger charge is 2.60. The quantitative estimate of drug-likeness (QED) is 0.0612. The molecule has 0 saturated carbocycles. The average molecular weight is 787 g/mol. The number of oxime groups is 1. The Morgan fingerprint density at radius 3 is 2.27 bits per heavy atom. The lowest BCUT2D eigenvalue weighted by atomic mass is 10.0. The number of cyclic esters (lactones) is 1. The molecule has 290 valence electrons. The third kappa shape index (κ3) is 8.48. The molecule has 0 spiro atoms. The fourth-order valence-corrected chi connectivity index (χ4v) is 6.13. The van der Waals surface area contributed by atoms with Crippen LogP contribution in [0.15, 0.2) is 95.5 Å². The number of nitrogens with zero attached hydrogens (tertiary/aromatic N) is 4. The smallest absolute Gasteiger partial charge is 0.376 e. The molecule has 19 heteroatoms. The summed E-state index contributed by atoms with van der Waals surface area (Å²) in [5, 5.41) is 19.4. The number of non-ortho nitro benzene ring substituents is 1. The van der Waals surface area contributed by atoms with Gasteiger partial charge in [0.25, 0.3) is 17.5 Å². The molecule has 3 heterocycles. The molecule has 18 nitrogen and oxygen atoms in total. The third-order valence-corrected chi connectivity index (χ3v) is 9.23. The Labute approximate surface area is 322 Å². The van der Waals surface area contributed by atoms with Crippen LogP contribution in [-0.2, 0) is 54.5 Å². The van der Waals surface area contributed by atoms with Gasteiger partial charge in [-0.05, 0) is 42.7 Å². The molecule has 2 aliphatic rings. The maximum atomic E-state index is 14.0. The van der Waals surface area contributed by atoms with Crippen molar-refractivity contribution >= 4 is 57.6 Å². The number of esters is 3. The van der Waals surface area contributed by atoms with Gasteiger partial charge in [0.15, 0.2) is 16.9 Å². The molecular weight excluding hydrogens is 753 g/mol. The molecule has 1 unspecified atom stereocenters. The highest BCUT2D eigenvalue weighted by atomic mass is 32.1. The van der Waals surface area contributed by atoms with Crippen LogP contribution in [0.1, 0.15) is 55.2 Å². The molecule has 2 saturated heterocycles. The predicted octanol–water partition coefficient (Wildman–Crippen LogP) is 3.50. The summed E-state index contributed by atoms with van der Waals surface area (Å²) < 4.78 is 16.8. The summed E-state index contributed by atoms with van der Waals surface area (Å²) in [5.41, 5.74) is 2.76. The van der Waals surface area contributed by atoms with Gasteiger partial charge in [0.05, 0.1) is 11.3 Å². The maximum absolute atomic E-state index is 14.0. The van der Waals surface area contributed by atoms with Crippen LogP contribution in [0.5, 0.6) is 0 Å². The molecule has 3 aromatic carbocycles. The van der Waals surface area contributed by atoms with Crippen molar-refractivity contribution in [3.8, 4) is 0 Å². The zero-order chi connectivity index (χ0) is 40.0. The van der Waals surface area contributed by atoms with Crippen molar-refractivity contribution in [2.24, 2.45) is 5.16 Å². The van der Waals surface area contributed by atoms with E-state index in [2.05, 4.69) is 15.5 Å². The van der Waals surface area contributed by atoms with E-state index in [0.29, 0.717) is 21.8 Å². The number of carbonyl (C=O) groups excluding carboxylic acids is 5. The first-order valence-electron chi connectivity index (χ1n) is 17.0. The van der Waals surface area contributed by atoms with Crippen LogP contribution < -0.4 is 11.1 Å². The number of thiazole rings is 1. The van der Waals surface area contributed by atoms with Crippen LogP contribution in [0.2, 0.25) is 0 Å². The van der Waals surface area contributed by atoms with Gasteiger partial charge in [-0.1, -0.05) is 65.8 Å². The molecule has 6 rings (SSSR count). The molecule has 2 fully saturated rings. The van der Waals surface area contributed by atoms with E-state index in [1.165, 1.54) is 43.5 Å². The minimum absolute atomic E-state index is 0.0547. The Morgan fingerprint density at radius 1 is 1.07 bits per heavy atom. The second kappa shape index (κ2) is 16.3. The van der Waals surface area contributed by atoms with E-state index < -0.39 is 70.4 Å². The van der Waals surface area contributed by atoms with Crippen LogP contribution in [0, 0.1) is 10.1 Å². The number of aromatic nitrogens is 1. The molecule has 0 radical (unpaired) electrons. The minimum atomic E-state index is -2.31. The van der Waals surface area contributed by atoms with Gasteiger partial charge < -0.3 is 30.1 Å². The number of nitrogens with two attached hydrogens (primary N) is 1. The molecule has 1 aromatic heterocycles. The van der Waals surface area contributed by atoms with Crippen LogP contribution in [0.25, 0.3) is 0 Å². The summed E-state index contributed by atoms with van der Waals surface area (Å²) in [4.78, 5) is 92.7. The first-order valence-corrected chi connectivity index (χ1v) is 17.8. The monoisotopic (exact) mass is 786 g/mol. The first kappa shape index (κ1) is 39.0. The number of hydrogen-bond donors (Lipinski definition) is 2. The zero-order valence-corrected chi connectivity index (χ0v) is 30.6. The van der Waals surface area contributed by atoms with Gasteiger partial charge in [0.2, 0.25) is 5.60 Å². The van der Waals surface area contributed by atoms with E-state index in [4.69, 9.17) is 29.6 Å². The van der Waals surface area contributed by atoms with Gasteiger partial charge in [0, 0.05) is 23.9 Å². The zero-order valence-electron chi connectivity index (χ0n) is 29.8. The normalized spacial score (nSPS) is 18.4. The van der Waals surface area contributed by atoms with Crippen molar-refractivity contribution in [2.45, 2.75) is 56.8 Å². The van der Waals surface area contributed by atoms with Crippen molar-refractivity contribution in [1.29, 1.82) is 0 Å². The fourth-order valence-electron chi connectivity index (χ4n) is 5.59. The van der Waals surface area contributed by atoms with Gasteiger partial charge >= 0.3 is 23.6 Å². The van der Waals surface area contributed by atoms with E-state index in [0.717, 1.165) is 11.3 Å². The number of nitro benzene ring substituents is 1. The molecule has 2 amide bonds. The number of nitro groups is 1. The highest BCUT2D eigenvalue weighted by molar-refractivity contribution is 7.13. The molecule has 2 atom stereocenters. The van der Waals surface area contributed by atoms with Crippen LogP contribution in [0.4, 0.5) is 10.8 Å².